The number of hydrogen-bond acceptors (Lipinski definition) is 6. The Kier molecular flexibility index (Phi) is 4.55. The van der Waals surface area contributed by atoms with Gasteiger partial charge in [-0.3, -0.25) is 4.79 Å². The Morgan fingerprint density at radius 1 is 1.15 bits per heavy atom. The predicted molar refractivity (Wildman–Crippen MR) is 128 cm³/mol. The number of anilines is 3. The monoisotopic (exact) mass is 440 g/mol. The molecule has 6 rings (SSSR count). The average Bonchev–Trinajstić information content (AvgIpc) is 3.50. The number of benzene rings is 2. The van der Waals surface area contributed by atoms with E-state index in [4.69, 9.17) is 10.5 Å². The summed E-state index contributed by atoms with van der Waals surface area (Å²) in [6, 6.07) is 14.0. The molecule has 0 atom stereocenters. The number of amides is 1. The fraction of sp³-hybridized carbons (Fsp3) is 0.240. The van der Waals surface area contributed by atoms with Crippen LogP contribution in [0.2, 0.25) is 0 Å². The summed E-state index contributed by atoms with van der Waals surface area (Å²) in [7, 11) is 2.10. The number of hydrogen-bond donors (Lipinski definition) is 2. The van der Waals surface area contributed by atoms with Crippen LogP contribution in [0, 0.1) is 0 Å². The number of nitrogens with one attached hydrogen (secondary N) is 1. The molecule has 0 spiro atoms. The van der Waals surface area contributed by atoms with Gasteiger partial charge in [0, 0.05) is 36.2 Å². The van der Waals surface area contributed by atoms with Crippen LogP contribution in [0.25, 0.3) is 16.7 Å². The third-order valence-corrected chi connectivity index (χ3v) is 6.51. The Morgan fingerprint density at radius 2 is 2.00 bits per heavy atom. The van der Waals surface area contributed by atoms with Crippen LogP contribution in [0.3, 0.4) is 0 Å². The number of nitrogens with two attached hydrogens (primary N) is 1. The number of nitrogen functional groups attached to an aromatic ring is 1. The molecule has 1 amide bonds. The molecular weight excluding hydrogens is 416 g/mol. The van der Waals surface area contributed by atoms with Crippen LogP contribution in [0.15, 0.2) is 48.8 Å². The number of ether oxygens (including phenoxy) is 1. The number of rotatable bonds is 4. The average molecular weight is 441 g/mol. The number of carbonyl (C=O) groups is 1. The van der Waals surface area contributed by atoms with Gasteiger partial charge in [0.15, 0.2) is 5.82 Å². The first-order valence-electron chi connectivity index (χ1n) is 11.0. The van der Waals surface area contributed by atoms with E-state index in [0.29, 0.717) is 25.5 Å². The van der Waals surface area contributed by atoms with E-state index in [1.807, 2.05) is 30.3 Å². The largest absolute Gasteiger partial charge is 0.382 e. The summed E-state index contributed by atoms with van der Waals surface area (Å²) >= 11 is 0. The first-order valence-corrected chi connectivity index (χ1v) is 11.0. The van der Waals surface area contributed by atoms with Crippen LogP contribution < -0.4 is 16.0 Å². The summed E-state index contributed by atoms with van der Waals surface area (Å²) in [4.78, 5) is 23.5. The highest BCUT2D eigenvalue weighted by Gasteiger charge is 2.25. The van der Waals surface area contributed by atoms with Gasteiger partial charge in [0.05, 0.1) is 25.3 Å². The van der Waals surface area contributed by atoms with Crippen molar-refractivity contribution in [1.29, 1.82) is 0 Å². The maximum Gasteiger partial charge on any atom is 0.228 e. The number of likely N-dealkylation sites (N-methyl/N-ethyl adjacent to an activating group) is 1. The summed E-state index contributed by atoms with van der Waals surface area (Å²) in [5.41, 5.74) is 15.2. The van der Waals surface area contributed by atoms with Crippen molar-refractivity contribution in [3.05, 3.63) is 71.2 Å². The van der Waals surface area contributed by atoms with Crippen molar-refractivity contribution >= 4 is 34.1 Å². The van der Waals surface area contributed by atoms with Crippen molar-refractivity contribution in [3.63, 3.8) is 0 Å². The molecule has 0 bridgehead atoms. The zero-order valence-corrected chi connectivity index (χ0v) is 18.3. The lowest BCUT2D eigenvalue weighted by Crippen LogP contribution is -2.15. The summed E-state index contributed by atoms with van der Waals surface area (Å²) < 4.78 is 7.71. The van der Waals surface area contributed by atoms with E-state index in [-0.39, 0.29) is 5.91 Å². The maximum absolute atomic E-state index is 12.7. The van der Waals surface area contributed by atoms with E-state index in [9.17, 15) is 4.79 Å². The molecule has 2 aromatic heterocycles. The van der Waals surface area contributed by atoms with Crippen molar-refractivity contribution in [2.24, 2.45) is 0 Å². The molecule has 2 aromatic carbocycles. The molecule has 4 aromatic rings. The smallest absolute Gasteiger partial charge is 0.228 e. The van der Waals surface area contributed by atoms with Crippen LogP contribution in [-0.4, -0.2) is 34.0 Å². The molecule has 166 valence electrons. The molecule has 8 heteroatoms. The van der Waals surface area contributed by atoms with Gasteiger partial charge in [0.1, 0.15) is 17.4 Å². The number of nitrogens with zero attached hydrogens (tertiary/aromatic N) is 4. The Morgan fingerprint density at radius 3 is 2.85 bits per heavy atom. The molecule has 3 N–H and O–H groups in total. The molecule has 0 saturated heterocycles. The molecule has 0 fully saturated rings. The van der Waals surface area contributed by atoms with E-state index in [0.717, 1.165) is 52.2 Å². The standard InChI is InChI=1S/C25H24N6O2/c1-30-9-8-16-10-15(2-7-20(16)30)11-22(32)29-17-3-5-18(6-4-17)31-21-13-33-12-19(21)23-24(31)25(26)28-14-27-23/h2-7,10,14H,8-9,11-13H2,1H3,(H,29,32)(H2,26,27,28). The second-order valence-electron chi connectivity index (χ2n) is 8.62. The molecule has 0 aliphatic carbocycles. The lowest BCUT2D eigenvalue weighted by atomic mass is 10.1. The second kappa shape index (κ2) is 7.60. The van der Waals surface area contributed by atoms with Crippen LogP contribution >= 0.6 is 0 Å². The van der Waals surface area contributed by atoms with E-state index in [1.54, 1.807) is 0 Å². The topological polar surface area (TPSA) is 98.3 Å². The maximum atomic E-state index is 12.7. The molecule has 0 unspecified atom stereocenters. The van der Waals surface area contributed by atoms with Crippen molar-refractivity contribution < 1.29 is 9.53 Å². The van der Waals surface area contributed by atoms with Gasteiger partial charge in [-0.1, -0.05) is 12.1 Å². The predicted octanol–water partition coefficient (Wildman–Crippen LogP) is 3.21. The van der Waals surface area contributed by atoms with Crippen LogP contribution in [0.1, 0.15) is 22.4 Å². The van der Waals surface area contributed by atoms with Crippen LogP contribution in [-0.2, 0) is 35.6 Å². The Balaban J connectivity index is 1.23. The first-order chi connectivity index (χ1) is 16.1. The number of carbonyl (C=O) groups excluding carboxylic acids is 1. The van der Waals surface area contributed by atoms with Gasteiger partial charge in [0.2, 0.25) is 5.91 Å². The highest BCUT2D eigenvalue weighted by Crippen LogP contribution is 2.35. The first kappa shape index (κ1) is 19.8. The van der Waals surface area contributed by atoms with Gasteiger partial charge >= 0.3 is 0 Å². The van der Waals surface area contributed by atoms with Gasteiger partial charge in [-0.25, -0.2) is 9.97 Å². The quantitative estimate of drug-likeness (QED) is 0.506. The Hall–Kier alpha value is -3.91. The SMILES string of the molecule is CN1CCc2cc(CC(=O)Nc3ccc(-n4c5c(c6ncnc(N)c64)COC5)cc3)ccc21. The minimum Gasteiger partial charge on any atom is -0.382 e. The Bertz CT molecular complexity index is 1390. The number of fused-ring (bicyclic) bond motifs is 4. The van der Waals surface area contributed by atoms with Crippen molar-refractivity contribution in [2.75, 3.05) is 29.5 Å². The molecule has 0 radical (unpaired) electrons. The fourth-order valence-electron chi connectivity index (χ4n) is 4.89. The third kappa shape index (κ3) is 3.30. The zero-order valence-electron chi connectivity index (χ0n) is 18.3. The minimum atomic E-state index is -0.0348. The lowest BCUT2D eigenvalue weighted by molar-refractivity contribution is -0.115. The van der Waals surface area contributed by atoms with E-state index < -0.39 is 0 Å². The van der Waals surface area contributed by atoms with Crippen molar-refractivity contribution in [1.82, 2.24) is 14.5 Å². The van der Waals surface area contributed by atoms with Gasteiger partial charge in [0.25, 0.3) is 0 Å². The molecule has 0 saturated carbocycles. The summed E-state index contributed by atoms with van der Waals surface area (Å²) in [5, 5.41) is 3.01. The normalized spacial score (nSPS) is 14.5. The molecule has 2 aliphatic rings. The molecule has 33 heavy (non-hydrogen) atoms. The van der Waals surface area contributed by atoms with E-state index >= 15 is 0 Å². The molecular formula is C25H24N6O2. The van der Waals surface area contributed by atoms with Gasteiger partial charge < -0.3 is 25.3 Å². The van der Waals surface area contributed by atoms with Gasteiger partial charge in [-0.2, -0.15) is 0 Å². The number of aromatic nitrogens is 3. The summed E-state index contributed by atoms with van der Waals surface area (Å²) in [6.07, 6.45) is 2.86. The van der Waals surface area contributed by atoms with Crippen molar-refractivity contribution in [2.45, 2.75) is 26.1 Å². The Labute approximate surface area is 191 Å². The molecule has 4 heterocycles. The van der Waals surface area contributed by atoms with Crippen molar-refractivity contribution in [3.8, 4) is 5.69 Å². The summed E-state index contributed by atoms with van der Waals surface area (Å²) in [5.74, 6) is 0.403. The minimum absolute atomic E-state index is 0.0348. The fourth-order valence-corrected chi connectivity index (χ4v) is 4.89. The zero-order chi connectivity index (χ0) is 22.5. The van der Waals surface area contributed by atoms with Gasteiger partial charge in [-0.15, -0.1) is 0 Å². The van der Waals surface area contributed by atoms with Crippen LogP contribution in [0.5, 0.6) is 0 Å². The third-order valence-electron chi connectivity index (χ3n) is 6.51. The summed E-state index contributed by atoms with van der Waals surface area (Å²) in [6.45, 7) is 2.05. The second-order valence-corrected chi connectivity index (χ2v) is 8.62. The van der Waals surface area contributed by atoms with Gasteiger partial charge in [-0.05, 0) is 47.9 Å². The molecule has 8 nitrogen and oxygen atoms in total. The van der Waals surface area contributed by atoms with E-state index in [1.165, 1.54) is 17.6 Å². The van der Waals surface area contributed by atoms with Crippen LogP contribution in [0.4, 0.5) is 17.2 Å². The lowest BCUT2D eigenvalue weighted by Gasteiger charge is -2.13. The molecule has 2 aliphatic heterocycles. The highest BCUT2D eigenvalue weighted by molar-refractivity contribution is 5.93. The van der Waals surface area contributed by atoms with E-state index in [2.05, 4.69) is 43.9 Å². The highest BCUT2D eigenvalue weighted by atomic mass is 16.5.